The fourth-order valence-electron chi connectivity index (χ4n) is 2.93. The summed E-state index contributed by atoms with van der Waals surface area (Å²) in [5, 5.41) is 9.11. The van der Waals surface area contributed by atoms with Gasteiger partial charge in [0, 0.05) is 18.8 Å². The van der Waals surface area contributed by atoms with Gasteiger partial charge in [-0.25, -0.2) is 4.79 Å². The molecule has 2 aliphatic heterocycles. The maximum Gasteiger partial charge on any atom is 0.414 e. The van der Waals surface area contributed by atoms with Gasteiger partial charge in [0.15, 0.2) is 5.81 Å². The Morgan fingerprint density at radius 3 is 2.68 bits per heavy atom. The van der Waals surface area contributed by atoms with Crippen LogP contribution in [0.3, 0.4) is 0 Å². The average Bonchev–Trinajstić information content (AvgIpc) is 2.75. The maximum atomic E-state index is 11.8. The molecule has 0 saturated carbocycles. The van der Waals surface area contributed by atoms with Crippen LogP contribution in [-0.4, -0.2) is 62.1 Å². The molecule has 1 atom stereocenters. The van der Waals surface area contributed by atoms with Crippen molar-refractivity contribution in [2.75, 3.05) is 31.1 Å². The molecule has 1 aromatic carbocycles. The highest BCUT2D eigenvalue weighted by Gasteiger charge is 2.32. The quantitative estimate of drug-likeness (QED) is 0.816. The molecule has 3 rings (SSSR count). The van der Waals surface area contributed by atoms with Gasteiger partial charge < -0.3 is 14.7 Å². The number of hydrogen-bond donors (Lipinski definition) is 1. The predicted molar refractivity (Wildman–Crippen MR) is 81.3 cm³/mol. The van der Waals surface area contributed by atoms with Crippen LogP contribution in [0.25, 0.3) is 0 Å². The van der Waals surface area contributed by atoms with Crippen LogP contribution < -0.4 is 4.90 Å². The van der Waals surface area contributed by atoms with Crippen LogP contribution in [0, 0.1) is 0 Å². The Balaban J connectivity index is 1.80. The summed E-state index contributed by atoms with van der Waals surface area (Å²) in [6, 6.07) is 5.81. The van der Waals surface area contributed by atoms with E-state index in [4.69, 9.17) is 17.7 Å². The summed E-state index contributed by atoms with van der Waals surface area (Å²) in [5.41, 5.74) is 3.03. The Bertz CT molecular complexity index is 607. The van der Waals surface area contributed by atoms with E-state index in [-0.39, 0.29) is 6.61 Å². The van der Waals surface area contributed by atoms with E-state index in [9.17, 15) is 9.59 Å². The van der Waals surface area contributed by atoms with Gasteiger partial charge in [0.25, 0.3) is 0 Å². The first-order chi connectivity index (χ1) is 10.6. The summed E-state index contributed by atoms with van der Waals surface area (Å²) in [6.07, 6.45) is 0.545. The number of carbonyl (C=O) groups excluding carboxylic acids is 2. The summed E-state index contributed by atoms with van der Waals surface area (Å²) >= 11 is 0. The Morgan fingerprint density at radius 2 is 2.05 bits per heavy atom. The zero-order valence-corrected chi connectivity index (χ0v) is 12.2. The molecule has 0 bridgehead atoms. The molecule has 2 radical (unpaired) electrons. The highest BCUT2D eigenvalue weighted by molar-refractivity contribution is 6.56. The van der Waals surface area contributed by atoms with E-state index in [1.54, 1.807) is 4.90 Å². The van der Waals surface area contributed by atoms with Crippen LogP contribution in [0.5, 0.6) is 0 Å². The number of benzene rings is 1. The van der Waals surface area contributed by atoms with E-state index >= 15 is 0 Å². The number of fused-ring (bicyclic) bond motifs is 1. The molecule has 0 aliphatic carbocycles. The summed E-state index contributed by atoms with van der Waals surface area (Å²) in [5.74, 6) is -0.401. The van der Waals surface area contributed by atoms with Gasteiger partial charge in [-0.1, -0.05) is 6.07 Å². The summed E-state index contributed by atoms with van der Waals surface area (Å²) in [7, 11) is 5.34. The number of carbonyl (C=O) groups is 2. The zero-order chi connectivity index (χ0) is 15.7. The van der Waals surface area contributed by atoms with Crippen LogP contribution in [0.15, 0.2) is 18.2 Å². The van der Waals surface area contributed by atoms with Crippen molar-refractivity contribution in [2.45, 2.75) is 18.9 Å². The first-order valence-electron chi connectivity index (χ1n) is 7.33. The fourth-order valence-corrected chi connectivity index (χ4v) is 2.93. The van der Waals surface area contributed by atoms with Gasteiger partial charge in [-0.2, -0.15) is 0 Å². The lowest BCUT2D eigenvalue weighted by molar-refractivity contribution is 0.0963. The lowest BCUT2D eigenvalue weighted by Crippen LogP contribution is -2.32. The second kappa shape index (κ2) is 6.00. The van der Waals surface area contributed by atoms with E-state index in [0.29, 0.717) is 26.1 Å². The number of anilines is 1. The largest absolute Gasteiger partial charge is 0.441 e. The number of cyclic esters (lactones) is 1. The molecule has 6 nitrogen and oxygen atoms in total. The first kappa shape index (κ1) is 14.9. The van der Waals surface area contributed by atoms with Crippen molar-refractivity contribution in [3.05, 3.63) is 29.3 Å². The molecule has 114 valence electrons. The first-order valence-corrected chi connectivity index (χ1v) is 7.33. The number of hydrogen-bond acceptors (Lipinski definition) is 4. The van der Waals surface area contributed by atoms with Crippen molar-refractivity contribution >= 4 is 25.4 Å². The number of amides is 2. The molecule has 7 heteroatoms. The van der Waals surface area contributed by atoms with Gasteiger partial charge in [0.2, 0.25) is 7.85 Å². The zero-order valence-electron chi connectivity index (χ0n) is 12.2. The van der Waals surface area contributed by atoms with Gasteiger partial charge >= 0.3 is 6.09 Å². The normalized spacial score (nSPS) is 21.3. The van der Waals surface area contributed by atoms with Crippen LogP contribution in [-0.2, 0) is 17.6 Å². The van der Waals surface area contributed by atoms with E-state index in [2.05, 4.69) is 0 Å². The number of nitrogens with zero attached hydrogens (tertiary/aromatic N) is 2. The molecule has 22 heavy (non-hydrogen) atoms. The molecule has 1 fully saturated rings. The van der Waals surface area contributed by atoms with Crippen LogP contribution >= 0.6 is 0 Å². The summed E-state index contributed by atoms with van der Waals surface area (Å²) < 4.78 is 5.06. The van der Waals surface area contributed by atoms with Gasteiger partial charge in [-0.05, 0) is 36.1 Å². The Hall–Kier alpha value is -2.02. The number of ether oxygens (including phenoxy) is 1. The average molecular weight is 300 g/mol. The van der Waals surface area contributed by atoms with E-state index in [1.807, 2.05) is 18.2 Å². The standard InChI is InChI=1S/C15H17BN2O4/c16-14(20)17-5-3-10-1-2-12(7-11(10)4-6-17)18-8-13(9-19)22-15(18)21/h1-2,7,13,19H,3-6,8-9H2/t13-/m1/s1. The highest BCUT2D eigenvalue weighted by Crippen LogP contribution is 2.26. The third-order valence-corrected chi connectivity index (χ3v) is 4.19. The van der Waals surface area contributed by atoms with Gasteiger partial charge in [0.1, 0.15) is 6.10 Å². The molecule has 0 unspecified atom stereocenters. The summed E-state index contributed by atoms with van der Waals surface area (Å²) in [6.45, 7) is 1.36. The molecule has 2 amide bonds. The van der Waals surface area contributed by atoms with E-state index in [1.165, 1.54) is 10.5 Å². The molecule has 1 N–H and O–H groups in total. The maximum absolute atomic E-state index is 11.8. The van der Waals surface area contributed by atoms with Gasteiger partial charge in [-0.3, -0.25) is 9.69 Å². The lowest BCUT2D eigenvalue weighted by Gasteiger charge is -2.18. The minimum atomic E-state index is -0.475. The number of rotatable bonds is 2. The summed E-state index contributed by atoms with van der Waals surface area (Å²) in [4.78, 5) is 26.3. The van der Waals surface area contributed by atoms with E-state index in [0.717, 1.165) is 17.7 Å². The van der Waals surface area contributed by atoms with Crippen LogP contribution in [0.4, 0.5) is 15.3 Å². The second-order valence-corrected chi connectivity index (χ2v) is 5.58. The Kier molecular flexibility index (Phi) is 4.07. The lowest BCUT2D eigenvalue weighted by atomic mass is 10.0. The molecular weight excluding hydrogens is 283 g/mol. The molecule has 0 aromatic heterocycles. The molecule has 0 spiro atoms. The SMILES string of the molecule is [B]C(=O)N1CCc2ccc(N3C[C@H](CO)OC3=O)cc2CC1. The van der Waals surface area contributed by atoms with Crippen molar-refractivity contribution in [1.29, 1.82) is 0 Å². The molecule has 1 aromatic rings. The van der Waals surface area contributed by atoms with Gasteiger partial charge in [0.05, 0.1) is 13.2 Å². The van der Waals surface area contributed by atoms with Crippen molar-refractivity contribution in [3.8, 4) is 0 Å². The third-order valence-electron chi connectivity index (χ3n) is 4.19. The molecule has 1 saturated heterocycles. The molecule has 2 aliphatic rings. The van der Waals surface area contributed by atoms with Crippen LogP contribution in [0.2, 0.25) is 0 Å². The minimum absolute atomic E-state index is 0.180. The van der Waals surface area contributed by atoms with Crippen LogP contribution in [0.1, 0.15) is 11.1 Å². The molecular formula is C15H17BN2O4. The van der Waals surface area contributed by atoms with Crippen molar-refractivity contribution < 1.29 is 19.4 Å². The second-order valence-electron chi connectivity index (χ2n) is 5.58. The highest BCUT2D eigenvalue weighted by atomic mass is 16.6. The van der Waals surface area contributed by atoms with Crippen molar-refractivity contribution in [1.82, 2.24) is 4.90 Å². The smallest absolute Gasteiger partial charge is 0.414 e. The Labute approximate surface area is 130 Å². The minimum Gasteiger partial charge on any atom is -0.441 e. The molecule has 2 heterocycles. The number of aliphatic hydroxyl groups excluding tert-OH is 1. The number of aliphatic hydroxyl groups is 1. The van der Waals surface area contributed by atoms with Crippen molar-refractivity contribution in [2.24, 2.45) is 0 Å². The fraction of sp³-hybridized carbons (Fsp3) is 0.467. The topological polar surface area (TPSA) is 70.1 Å². The predicted octanol–water partition coefficient (Wildman–Crippen LogP) is 0.693. The monoisotopic (exact) mass is 300 g/mol. The van der Waals surface area contributed by atoms with Gasteiger partial charge in [-0.15, -0.1) is 0 Å². The van der Waals surface area contributed by atoms with Crippen molar-refractivity contribution in [3.63, 3.8) is 0 Å². The Morgan fingerprint density at radius 1 is 1.32 bits per heavy atom. The van der Waals surface area contributed by atoms with E-state index < -0.39 is 18.0 Å². The third kappa shape index (κ3) is 2.81.